The summed E-state index contributed by atoms with van der Waals surface area (Å²) in [5, 5.41) is 3.44. The van der Waals surface area contributed by atoms with Crippen molar-refractivity contribution in [2.75, 3.05) is 6.54 Å². The molecule has 13 heavy (non-hydrogen) atoms. The molecule has 0 aliphatic rings. The minimum atomic E-state index is 0.381. The highest BCUT2D eigenvalue weighted by atomic mass is 14.9. The van der Waals surface area contributed by atoms with Gasteiger partial charge in [-0.1, -0.05) is 26.8 Å². The van der Waals surface area contributed by atoms with E-state index in [1.54, 1.807) is 0 Å². The summed E-state index contributed by atoms with van der Waals surface area (Å²) in [4.78, 5) is 4.36. The lowest BCUT2D eigenvalue weighted by Gasteiger charge is -2.20. The summed E-state index contributed by atoms with van der Waals surface area (Å²) in [6.45, 7) is 7.53. The lowest BCUT2D eigenvalue weighted by Crippen LogP contribution is -2.26. The Labute approximate surface area is 80.4 Å². The minimum absolute atomic E-state index is 0.381. The Morgan fingerprint density at radius 2 is 2.15 bits per heavy atom. The monoisotopic (exact) mass is 178 g/mol. The molecule has 2 nitrogen and oxygen atoms in total. The lowest BCUT2D eigenvalue weighted by atomic mass is 10.0. The summed E-state index contributed by atoms with van der Waals surface area (Å²) in [5.74, 6) is 0.579. The van der Waals surface area contributed by atoms with Gasteiger partial charge in [-0.25, -0.2) is 0 Å². The molecule has 0 fully saturated rings. The first-order valence-electron chi connectivity index (χ1n) is 4.90. The van der Waals surface area contributed by atoms with Crippen LogP contribution < -0.4 is 5.32 Å². The largest absolute Gasteiger partial charge is 0.309 e. The van der Waals surface area contributed by atoms with Crippen LogP contribution in [0.4, 0.5) is 0 Å². The Bertz CT molecular complexity index is 231. The molecule has 1 heterocycles. The van der Waals surface area contributed by atoms with Crippen molar-refractivity contribution in [2.45, 2.75) is 26.8 Å². The molecule has 0 radical (unpaired) electrons. The maximum absolute atomic E-state index is 4.36. The zero-order valence-electron chi connectivity index (χ0n) is 8.62. The Morgan fingerprint density at radius 3 is 2.62 bits per heavy atom. The molecule has 0 aliphatic heterocycles. The highest BCUT2D eigenvalue weighted by Gasteiger charge is 2.14. The van der Waals surface area contributed by atoms with Crippen molar-refractivity contribution in [1.29, 1.82) is 0 Å². The number of nitrogens with zero attached hydrogens (tertiary/aromatic N) is 1. The first-order valence-corrected chi connectivity index (χ1v) is 4.90. The van der Waals surface area contributed by atoms with Crippen LogP contribution in [0.25, 0.3) is 0 Å². The van der Waals surface area contributed by atoms with Crippen LogP contribution in [0.3, 0.4) is 0 Å². The highest BCUT2D eigenvalue weighted by Crippen LogP contribution is 2.18. The van der Waals surface area contributed by atoms with Gasteiger partial charge in [-0.3, -0.25) is 4.98 Å². The molecule has 0 amide bonds. The lowest BCUT2D eigenvalue weighted by molar-refractivity contribution is 0.413. The molecule has 72 valence electrons. The molecule has 0 aromatic carbocycles. The molecule has 1 rings (SSSR count). The number of rotatable bonds is 4. The van der Waals surface area contributed by atoms with Crippen LogP contribution in [0.2, 0.25) is 0 Å². The van der Waals surface area contributed by atoms with E-state index in [0.717, 1.165) is 12.2 Å². The molecule has 0 bridgehead atoms. The molecule has 0 saturated carbocycles. The third-order valence-corrected chi connectivity index (χ3v) is 2.10. The van der Waals surface area contributed by atoms with Gasteiger partial charge in [-0.2, -0.15) is 0 Å². The van der Waals surface area contributed by atoms with E-state index < -0.39 is 0 Å². The molecule has 2 heteroatoms. The summed E-state index contributed by atoms with van der Waals surface area (Å²) in [6.07, 6.45) is 1.85. The van der Waals surface area contributed by atoms with Crippen LogP contribution in [-0.4, -0.2) is 11.5 Å². The van der Waals surface area contributed by atoms with Gasteiger partial charge in [-0.05, 0) is 24.6 Å². The van der Waals surface area contributed by atoms with Gasteiger partial charge in [0.1, 0.15) is 0 Å². The zero-order chi connectivity index (χ0) is 9.68. The normalized spacial score (nSPS) is 13.2. The van der Waals surface area contributed by atoms with Crippen molar-refractivity contribution in [2.24, 2.45) is 5.92 Å². The van der Waals surface area contributed by atoms with Crippen LogP contribution in [0.1, 0.15) is 32.5 Å². The van der Waals surface area contributed by atoms with Crippen molar-refractivity contribution in [3.63, 3.8) is 0 Å². The van der Waals surface area contributed by atoms with Crippen LogP contribution in [0, 0.1) is 5.92 Å². The first kappa shape index (κ1) is 10.2. The number of hydrogen-bond donors (Lipinski definition) is 1. The molecule has 0 saturated heterocycles. The second-order valence-electron chi connectivity index (χ2n) is 3.53. The zero-order valence-corrected chi connectivity index (χ0v) is 8.62. The topological polar surface area (TPSA) is 24.9 Å². The van der Waals surface area contributed by atoms with Crippen LogP contribution in [-0.2, 0) is 0 Å². The van der Waals surface area contributed by atoms with Crippen molar-refractivity contribution in [1.82, 2.24) is 10.3 Å². The van der Waals surface area contributed by atoms with Gasteiger partial charge in [0.2, 0.25) is 0 Å². The summed E-state index contributed by atoms with van der Waals surface area (Å²) in [7, 11) is 0. The molecule has 0 aliphatic carbocycles. The van der Waals surface area contributed by atoms with E-state index >= 15 is 0 Å². The van der Waals surface area contributed by atoms with E-state index in [4.69, 9.17) is 0 Å². The molecular weight excluding hydrogens is 160 g/mol. The molecule has 0 spiro atoms. The van der Waals surface area contributed by atoms with Gasteiger partial charge in [0.05, 0.1) is 11.7 Å². The fourth-order valence-corrected chi connectivity index (χ4v) is 1.46. The Hall–Kier alpha value is -0.890. The van der Waals surface area contributed by atoms with Crippen LogP contribution in [0.5, 0.6) is 0 Å². The van der Waals surface area contributed by atoms with Gasteiger partial charge in [0.25, 0.3) is 0 Å². The molecule has 1 aromatic rings. The minimum Gasteiger partial charge on any atom is -0.309 e. The first-order chi connectivity index (χ1) is 6.25. The van der Waals surface area contributed by atoms with Crippen molar-refractivity contribution in [3.05, 3.63) is 30.1 Å². The summed E-state index contributed by atoms with van der Waals surface area (Å²) in [6, 6.07) is 6.45. The van der Waals surface area contributed by atoms with E-state index in [2.05, 4.69) is 37.1 Å². The fraction of sp³-hybridized carbons (Fsp3) is 0.545. The number of aromatic nitrogens is 1. The third-order valence-electron chi connectivity index (χ3n) is 2.10. The molecule has 1 unspecified atom stereocenters. The van der Waals surface area contributed by atoms with E-state index in [0.29, 0.717) is 12.0 Å². The summed E-state index contributed by atoms with van der Waals surface area (Å²) >= 11 is 0. The van der Waals surface area contributed by atoms with Crippen molar-refractivity contribution in [3.8, 4) is 0 Å². The van der Waals surface area contributed by atoms with Gasteiger partial charge < -0.3 is 5.32 Å². The number of hydrogen-bond acceptors (Lipinski definition) is 2. The molecule has 1 aromatic heterocycles. The number of nitrogens with one attached hydrogen (secondary N) is 1. The van der Waals surface area contributed by atoms with Crippen molar-refractivity contribution >= 4 is 0 Å². The fourth-order valence-electron chi connectivity index (χ4n) is 1.46. The Morgan fingerprint density at radius 1 is 1.38 bits per heavy atom. The average Bonchev–Trinajstić information content (AvgIpc) is 2.15. The van der Waals surface area contributed by atoms with Gasteiger partial charge >= 0.3 is 0 Å². The Balaban J connectivity index is 2.76. The average molecular weight is 178 g/mol. The predicted octanol–water partition coefficient (Wildman–Crippen LogP) is 2.39. The third kappa shape index (κ3) is 2.81. The second-order valence-corrected chi connectivity index (χ2v) is 3.53. The molecule has 1 atom stereocenters. The highest BCUT2D eigenvalue weighted by molar-refractivity contribution is 5.09. The van der Waals surface area contributed by atoms with Crippen molar-refractivity contribution < 1.29 is 0 Å². The molecular formula is C11H18N2. The Kier molecular flexibility index (Phi) is 3.90. The van der Waals surface area contributed by atoms with Gasteiger partial charge in [0.15, 0.2) is 0 Å². The second kappa shape index (κ2) is 4.97. The summed E-state index contributed by atoms with van der Waals surface area (Å²) in [5.41, 5.74) is 1.14. The quantitative estimate of drug-likeness (QED) is 0.765. The van der Waals surface area contributed by atoms with Crippen LogP contribution >= 0.6 is 0 Å². The van der Waals surface area contributed by atoms with E-state index in [9.17, 15) is 0 Å². The SMILES string of the molecule is CCNC(c1ccccn1)C(C)C. The number of pyridine rings is 1. The molecule has 1 N–H and O–H groups in total. The smallest absolute Gasteiger partial charge is 0.0575 e. The van der Waals surface area contributed by atoms with Gasteiger partial charge in [0, 0.05) is 6.20 Å². The van der Waals surface area contributed by atoms with E-state index in [-0.39, 0.29) is 0 Å². The maximum Gasteiger partial charge on any atom is 0.0575 e. The van der Waals surface area contributed by atoms with E-state index in [1.807, 2.05) is 18.3 Å². The predicted molar refractivity (Wildman–Crippen MR) is 55.5 cm³/mol. The van der Waals surface area contributed by atoms with E-state index in [1.165, 1.54) is 0 Å². The van der Waals surface area contributed by atoms with Crippen LogP contribution in [0.15, 0.2) is 24.4 Å². The summed E-state index contributed by atoms with van der Waals surface area (Å²) < 4.78 is 0. The van der Waals surface area contributed by atoms with Gasteiger partial charge in [-0.15, -0.1) is 0 Å². The maximum atomic E-state index is 4.36. The standard InChI is InChI=1S/C11H18N2/c1-4-12-11(9(2)3)10-7-5-6-8-13-10/h5-9,11-12H,4H2,1-3H3.